The van der Waals surface area contributed by atoms with Gasteiger partial charge in [0.1, 0.15) is 0 Å². The Hall–Kier alpha value is -0.910. The van der Waals surface area contributed by atoms with E-state index in [4.69, 9.17) is 0 Å². The van der Waals surface area contributed by atoms with Crippen molar-refractivity contribution in [2.45, 2.75) is 13.0 Å². The maximum Gasteiger partial charge on any atom is 0.251 e. The standard InChI is InChI=1S/C15H22BrN3O/c1-11-4-5-12(8-14(11)16)15(20)17-9-13-10-18(2)6-7-19(13)3/h4-5,8,13H,6-7,9-10H2,1-3H3,(H,17,20). The van der Waals surface area contributed by atoms with E-state index in [2.05, 4.69) is 45.1 Å². The predicted molar refractivity (Wildman–Crippen MR) is 85.1 cm³/mol. The van der Waals surface area contributed by atoms with Gasteiger partial charge < -0.3 is 10.2 Å². The van der Waals surface area contributed by atoms with Crippen LogP contribution in [-0.2, 0) is 0 Å². The van der Waals surface area contributed by atoms with Crippen molar-refractivity contribution in [2.75, 3.05) is 40.3 Å². The van der Waals surface area contributed by atoms with Gasteiger partial charge in [0.25, 0.3) is 5.91 Å². The van der Waals surface area contributed by atoms with Crippen molar-refractivity contribution < 1.29 is 4.79 Å². The molecular weight excluding hydrogens is 318 g/mol. The van der Waals surface area contributed by atoms with Gasteiger partial charge in [0, 0.05) is 42.3 Å². The fourth-order valence-corrected chi connectivity index (χ4v) is 2.75. The summed E-state index contributed by atoms with van der Waals surface area (Å²) >= 11 is 3.46. The minimum absolute atomic E-state index is 0.00711. The molecule has 0 radical (unpaired) electrons. The molecule has 1 heterocycles. The first-order valence-electron chi connectivity index (χ1n) is 6.90. The molecular formula is C15H22BrN3O. The molecule has 1 aliphatic rings. The monoisotopic (exact) mass is 339 g/mol. The largest absolute Gasteiger partial charge is 0.350 e. The Balaban J connectivity index is 1.92. The van der Waals surface area contributed by atoms with E-state index in [0.29, 0.717) is 18.2 Å². The number of halogens is 1. The number of nitrogens with one attached hydrogen (secondary N) is 1. The third-order valence-corrected chi connectivity index (χ3v) is 4.77. The first-order valence-corrected chi connectivity index (χ1v) is 7.70. The van der Waals surface area contributed by atoms with Crippen molar-refractivity contribution in [3.8, 4) is 0 Å². The van der Waals surface area contributed by atoms with E-state index in [1.807, 2.05) is 25.1 Å². The first-order chi connectivity index (χ1) is 9.47. The van der Waals surface area contributed by atoms with Gasteiger partial charge >= 0.3 is 0 Å². The fourth-order valence-electron chi connectivity index (χ4n) is 2.37. The number of aryl methyl sites for hydroxylation is 1. The highest BCUT2D eigenvalue weighted by Gasteiger charge is 2.22. The number of hydrogen-bond donors (Lipinski definition) is 1. The van der Waals surface area contributed by atoms with Crippen molar-refractivity contribution in [2.24, 2.45) is 0 Å². The lowest BCUT2D eigenvalue weighted by atomic mass is 10.1. The summed E-state index contributed by atoms with van der Waals surface area (Å²) in [5.74, 6) is -0.00711. The number of rotatable bonds is 3. The topological polar surface area (TPSA) is 35.6 Å². The molecule has 1 atom stereocenters. The third kappa shape index (κ3) is 3.81. The lowest BCUT2D eigenvalue weighted by Gasteiger charge is -2.37. The van der Waals surface area contributed by atoms with Crippen molar-refractivity contribution in [3.63, 3.8) is 0 Å². The van der Waals surface area contributed by atoms with Crippen molar-refractivity contribution >= 4 is 21.8 Å². The molecule has 1 unspecified atom stereocenters. The first kappa shape index (κ1) is 15.5. The Labute approximate surface area is 129 Å². The Kier molecular flexibility index (Phi) is 5.18. The van der Waals surface area contributed by atoms with Crippen LogP contribution in [0.4, 0.5) is 0 Å². The molecule has 5 heteroatoms. The lowest BCUT2D eigenvalue weighted by molar-refractivity contribution is 0.0881. The van der Waals surface area contributed by atoms with Gasteiger partial charge in [0.05, 0.1) is 0 Å². The van der Waals surface area contributed by atoms with E-state index in [9.17, 15) is 4.79 Å². The van der Waals surface area contributed by atoms with Crippen LogP contribution in [0, 0.1) is 6.92 Å². The van der Waals surface area contributed by atoms with Gasteiger partial charge in [-0.15, -0.1) is 0 Å². The summed E-state index contributed by atoms with van der Waals surface area (Å²) in [7, 11) is 4.24. The van der Waals surface area contributed by atoms with Crippen LogP contribution < -0.4 is 5.32 Å². The summed E-state index contributed by atoms with van der Waals surface area (Å²) in [4.78, 5) is 16.8. The van der Waals surface area contributed by atoms with Crippen molar-refractivity contribution in [3.05, 3.63) is 33.8 Å². The molecule has 110 valence electrons. The second-order valence-electron chi connectivity index (χ2n) is 5.57. The molecule has 1 fully saturated rings. The van der Waals surface area contributed by atoms with Gasteiger partial charge in [-0.2, -0.15) is 0 Å². The molecule has 0 aliphatic carbocycles. The van der Waals surface area contributed by atoms with E-state index in [-0.39, 0.29) is 5.91 Å². The van der Waals surface area contributed by atoms with E-state index in [0.717, 1.165) is 29.7 Å². The quantitative estimate of drug-likeness (QED) is 0.910. The summed E-state index contributed by atoms with van der Waals surface area (Å²) in [5, 5.41) is 3.04. The number of piperazine rings is 1. The third-order valence-electron chi connectivity index (χ3n) is 3.91. The van der Waals surface area contributed by atoms with Crippen LogP contribution in [0.25, 0.3) is 0 Å². The zero-order valence-corrected chi connectivity index (χ0v) is 13.9. The van der Waals surface area contributed by atoms with Crippen LogP contribution in [0.5, 0.6) is 0 Å². The lowest BCUT2D eigenvalue weighted by Crippen LogP contribution is -2.54. The number of carbonyl (C=O) groups excluding carboxylic acids is 1. The average molecular weight is 340 g/mol. The average Bonchev–Trinajstić information content (AvgIpc) is 2.42. The molecule has 20 heavy (non-hydrogen) atoms. The Morgan fingerprint density at radius 2 is 2.15 bits per heavy atom. The van der Waals surface area contributed by atoms with Gasteiger partial charge in [0.15, 0.2) is 0 Å². The molecule has 0 bridgehead atoms. The molecule has 0 spiro atoms. The number of likely N-dealkylation sites (N-methyl/N-ethyl adjacent to an activating group) is 2. The summed E-state index contributed by atoms with van der Waals surface area (Å²) in [5.41, 5.74) is 1.84. The summed E-state index contributed by atoms with van der Waals surface area (Å²) in [6, 6.07) is 6.08. The minimum Gasteiger partial charge on any atom is -0.350 e. The van der Waals surface area contributed by atoms with Crippen LogP contribution >= 0.6 is 15.9 Å². The normalized spacial score (nSPS) is 20.9. The highest BCUT2D eigenvalue weighted by Crippen LogP contribution is 2.17. The van der Waals surface area contributed by atoms with Gasteiger partial charge in [-0.25, -0.2) is 0 Å². The number of amides is 1. The van der Waals surface area contributed by atoms with Crippen molar-refractivity contribution in [1.29, 1.82) is 0 Å². The van der Waals surface area contributed by atoms with Crippen LogP contribution in [0.2, 0.25) is 0 Å². The fraction of sp³-hybridized carbons (Fsp3) is 0.533. The smallest absolute Gasteiger partial charge is 0.251 e. The minimum atomic E-state index is -0.00711. The summed E-state index contributed by atoms with van der Waals surface area (Å²) in [6.07, 6.45) is 0. The molecule has 0 aromatic heterocycles. The van der Waals surface area contributed by atoms with E-state index < -0.39 is 0 Å². The molecule has 1 amide bonds. The molecule has 1 aliphatic heterocycles. The molecule has 2 rings (SSSR count). The second-order valence-corrected chi connectivity index (χ2v) is 6.42. The van der Waals surface area contributed by atoms with Gasteiger partial charge in [-0.3, -0.25) is 9.69 Å². The maximum atomic E-state index is 12.2. The van der Waals surface area contributed by atoms with Gasteiger partial charge in [0.2, 0.25) is 0 Å². The van der Waals surface area contributed by atoms with Gasteiger partial charge in [-0.1, -0.05) is 22.0 Å². The predicted octanol–water partition coefficient (Wildman–Crippen LogP) is 1.73. The summed E-state index contributed by atoms with van der Waals surface area (Å²) < 4.78 is 0.972. The molecule has 4 nitrogen and oxygen atoms in total. The number of nitrogens with zero attached hydrogens (tertiary/aromatic N) is 2. The molecule has 1 aromatic carbocycles. The maximum absolute atomic E-state index is 12.2. The number of hydrogen-bond acceptors (Lipinski definition) is 3. The SMILES string of the molecule is Cc1ccc(C(=O)NCC2CN(C)CCN2C)cc1Br. The molecule has 1 N–H and O–H groups in total. The Morgan fingerprint density at radius 3 is 2.85 bits per heavy atom. The van der Waals surface area contributed by atoms with Crippen LogP contribution in [-0.4, -0.2) is 62.0 Å². The number of benzene rings is 1. The molecule has 1 saturated heterocycles. The summed E-state index contributed by atoms with van der Waals surface area (Å²) in [6.45, 7) is 5.83. The zero-order valence-electron chi connectivity index (χ0n) is 12.3. The molecule has 0 saturated carbocycles. The van der Waals surface area contributed by atoms with Crippen LogP contribution in [0.3, 0.4) is 0 Å². The zero-order chi connectivity index (χ0) is 14.7. The van der Waals surface area contributed by atoms with Crippen LogP contribution in [0.1, 0.15) is 15.9 Å². The highest BCUT2D eigenvalue weighted by molar-refractivity contribution is 9.10. The number of carbonyl (C=O) groups is 1. The van der Waals surface area contributed by atoms with Crippen LogP contribution in [0.15, 0.2) is 22.7 Å². The Bertz CT molecular complexity index is 492. The van der Waals surface area contributed by atoms with E-state index in [1.165, 1.54) is 0 Å². The second kappa shape index (κ2) is 6.70. The Morgan fingerprint density at radius 1 is 1.40 bits per heavy atom. The molecule has 1 aromatic rings. The van der Waals surface area contributed by atoms with Gasteiger partial charge in [-0.05, 0) is 38.7 Å². The van der Waals surface area contributed by atoms with Crippen molar-refractivity contribution in [1.82, 2.24) is 15.1 Å². The highest BCUT2D eigenvalue weighted by atomic mass is 79.9. The van der Waals surface area contributed by atoms with E-state index >= 15 is 0 Å². The van der Waals surface area contributed by atoms with E-state index in [1.54, 1.807) is 0 Å².